The zero-order valence-electron chi connectivity index (χ0n) is 15.6. The van der Waals surface area contributed by atoms with Crippen molar-refractivity contribution in [3.8, 4) is 11.5 Å². The molecule has 2 aromatic rings. The van der Waals surface area contributed by atoms with E-state index < -0.39 is 10.8 Å². The van der Waals surface area contributed by atoms with Crippen LogP contribution < -0.4 is 15.4 Å². The fraction of sp³-hybridized carbons (Fsp3) is 0.350. The van der Waals surface area contributed by atoms with E-state index in [0.29, 0.717) is 11.4 Å². The molecule has 0 aromatic heterocycles. The van der Waals surface area contributed by atoms with Crippen molar-refractivity contribution in [3.05, 3.63) is 57.6 Å². The van der Waals surface area contributed by atoms with E-state index in [4.69, 9.17) is 4.74 Å². The molecular weight excluding hydrogens is 362 g/mol. The Bertz CT molecular complexity index is 878. The van der Waals surface area contributed by atoms with E-state index >= 15 is 0 Å². The number of hydrogen-bond acceptors (Lipinski definition) is 6. The molecule has 28 heavy (non-hydrogen) atoms. The molecule has 1 amide bonds. The second-order valence-electron chi connectivity index (χ2n) is 6.80. The van der Waals surface area contributed by atoms with Crippen molar-refractivity contribution < 1.29 is 19.6 Å². The van der Waals surface area contributed by atoms with E-state index in [1.807, 2.05) is 0 Å². The van der Waals surface area contributed by atoms with Gasteiger partial charge in [-0.05, 0) is 36.6 Å². The Morgan fingerprint density at radius 1 is 1.25 bits per heavy atom. The Hall–Kier alpha value is -3.29. The van der Waals surface area contributed by atoms with Gasteiger partial charge < -0.3 is 20.5 Å². The Kier molecular flexibility index (Phi) is 5.98. The largest absolute Gasteiger partial charge is 0.504 e. The lowest BCUT2D eigenvalue weighted by Crippen LogP contribution is -2.25. The minimum Gasteiger partial charge on any atom is -0.504 e. The van der Waals surface area contributed by atoms with E-state index in [-0.39, 0.29) is 29.6 Å². The molecule has 2 aromatic carbocycles. The number of amides is 1. The summed E-state index contributed by atoms with van der Waals surface area (Å²) in [6.45, 7) is 0.195. The molecule has 0 atom stereocenters. The molecule has 0 radical (unpaired) electrons. The fourth-order valence-electron chi connectivity index (χ4n) is 3.36. The maximum Gasteiger partial charge on any atom is 0.270 e. The van der Waals surface area contributed by atoms with E-state index in [0.717, 1.165) is 31.2 Å². The monoisotopic (exact) mass is 385 g/mol. The first-order chi connectivity index (χ1) is 13.5. The Morgan fingerprint density at radius 3 is 2.68 bits per heavy atom. The van der Waals surface area contributed by atoms with E-state index in [2.05, 4.69) is 10.6 Å². The number of rotatable bonds is 7. The second kappa shape index (κ2) is 8.60. The molecule has 0 unspecified atom stereocenters. The summed E-state index contributed by atoms with van der Waals surface area (Å²) in [5, 5.41) is 26.9. The van der Waals surface area contributed by atoms with Gasteiger partial charge in [0.15, 0.2) is 11.5 Å². The van der Waals surface area contributed by atoms with Gasteiger partial charge in [0.2, 0.25) is 0 Å². The van der Waals surface area contributed by atoms with Crippen LogP contribution in [0.2, 0.25) is 0 Å². The van der Waals surface area contributed by atoms with Crippen molar-refractivity contribution in [1.82, 2.24) is 5.32 Å². The Balaban J connectivity index is 1.78. The normalized spacial score (nSPS) is 13.9. The molecule has 0 bridgehead atoms. The van der Waals surface area contributed by atoms with Crippen LogP contribution in [0.5, 0.6) is 11.5 Å². The van der Waals surface area contributed by atoms with Crippen LogP contribution in [0.4, 0.5) is 11.4 Å². The van der Waals surface area contributed by atoms with Crippen molar-refractivity contribution in [2.45, 2.75) is 38.3 Å². The summed E-state index contributed by atoms with van der Waals surface area (Å²) >= 11 is 0. The number of anilines is 1. The average molecular weight is 385 g/mol. The van der Waals surface area contributed by atoms with Gasteiger partial charge in [0.1, 0.15) is 0 Å². The summed E-state index contributed by atoms with van der Waals surface area (Å²) in [6, 6.07) is 9.34. The van der Waals surface area contributed by atoms with E-state index in [1.165, 1.54) is 25.3 Å². The molecule has 8 heteroatoms. The van der Waals surface area contributed by atoms with Gasteiger partial charge in [-0.3, -0.25) is 14.9 Å². The van der Waals surface area contributed by atoms with Gasteiger partial charge >= 0.3 is 0 Å². The third-order valence-corrected chi connectivity index (χ3v) is 4.87. The van der Waals surface area contributed by atoms with Crippen LogP contribution in [0, 0.1) is 10.1 Å². The highest BCUT2D eigenvalue weighted by molar-refractivity contribution is 6.00. The molecule has 0 saturated heterocycles. The SMILES string of the molecule is COc1cc(CNC(=O)c2cc([N+](=O)[O-])ccc2NC2CCCC2)ccc1O. The molecule has 0 aliphatic heterocycles. The average Bonchev–Trinajstić information content (AvgIpc) is 3.20. The summed E-state index contributed by atoms with van der Waals surface area (Å²) in [7, 11) is 1.45. The van der Waals surface area contributed by atoms with Crippen molar-refractivity contribution in [1.29, 1.82) is 0 Å². The number of nitro groups is 1. The number of methoxy groups -OCH3 is 1. The number of hydrogen-bond donors (Lipinski definition) is 3. The molecule has 1 fully saturated rings. The standard InChI is InChI=1S/C20H23N3O5/c1-28-19-10-13(6-9-18(19)24)12-21-20(25)16-11-15(23(26)27)7-8-17(16)22-14-4-2-3-5-14/h6-11,14,22,24H,2-5,12H2,1H3,(H,21,25). The molecule has 1 aliphatic carbocycles. The van der Waals surface area contributed by atoms with E-state index in [9.17, 15) is 20.0 Å². The smallest absolute Gasteiger partial charge is 0.270 e. The van der Waals surface area contributed by atoms with Crippen LogP contribution in [-0.4, -0.2) is 29.1 Å². The van der Waals surface area contributed by atoms with Gasteiger partial charge in [-0.25, -0.2) is 0 Å². The number of nitro benzene ring substituents is 1. The molecule has 3 N–H and O–H groups in total. The highest BCUT2D eigenvalue weighted by Crippen LogP contribution is 2.28. The predicted octanol–water partition coefficient (Wildman–Crippen LogP) is 3.59. The van der Waals surface area contributed by atoms with Crippen LogP contribution >= 0.6 is 0 Å². The maximum absolute atomic E-state index is 12.8. The molecule has 0 spiro atoms. The number of phenols is 1. The number of non-ortho nitro benzene ring substituents is 1. The minimum absolute atomic E-state index is 0.0133. The van der Waals surface area contributed by atoms with Gasteiger partial charge in [-0.2, -0.15) is 0 Å². The molecule has 3 rings (SSSR count). The number of carbonyl (C=O) groups is 1. The predicted molar refractivity (Wildman–Crippen MR) is 105 cm³/mol. The van der Waals surface area contributed by atoms with Crippen molar-refractivity contribution in [3.63, 3.8) is 0 Å². The Morgan fingerprint density at radius 2 is 2.00 bits per heavy atom. The molecule has 0 heterocycles. The lowest BCUT2D eigenvalue weighted by Gasteiger charge is -2.17. The van der Waals surface area contributed by atoms with Crippen LogP contribution in [0.15, 0.2) is 36.4 Å². The quantitative estimate of drug-likeness (QED) is 0.496. The van der Waals surface area contributed by atoms with Gasteiger partial charge in [-0.1, -0.05) is 18.9 Å². The fourth-order valence-corrected chi connectivity index (χ4v) is 3.36. The summed E-state index contributed by atoms with van der Waals surface area (Å²) in [5.74, 6) is -0.0822. The van der Waals surface area contributed by atoms with Crippen molar-refractivity contribution >= 4 is 17.3 Å². The Labute approximate surface area is 162 Å². The van der Waals surface area contributed by atoms with Crippen molar-refractivity contribution in [2.75, 3.05) is 12.4 Å². The number of phenolic OH excluding ortho intramolecular Hbond substituents is 1. The number of aromatic hydroxyl groups is 1. The van der Waals surface area contributed by atoms with Gasteiger partial charge in [0, 0.05) is 30.4 Å². The van der Waals surface area contributed by atoms with E-state index in [1.54, 1.807) is 18.2 Å². The van der Waals surface area contributed by atoms with Gasteiger partial charge in [0.05, 0.1) is 17.6 Å². The summed E-state index contributed by atoms with van der Waals surface area (Å²) < 4.78 is 5.06. The molecular formula is C20H23N3O5. The van der Waals surface area contributed by atoms with Crippen LogP contribution in [0.3, 0.4) is 0 Å². The van der Waals surface area contributed by atoms with Crippen LogP contribution in [0.1, 0.15) is 41.6 Å². The van der Waals surface area contributed by atoms with Crippen LogP contribution in [-0.2, 0) is 6.54 Å². The number of nitrogens with one attached hydrogen (secondary N) is 2. The first-order valence-corrected chi connectivity index (χ1v) is 9.17. The molecule has 8 nitrogen and oxygen atoms in total. The number of ether oxygens (including phenoxy) is 1. The first kappa shape index (κ1) is 19.5. The summed E-state index contributed by atoms with van der Waals surface area (Å²) in [6.07, 6.45) is 4.31. The van der Waals surface area contributed by atoms with Crippen LogP contribution in [0.25, 0.3) is 0 Å². The third kappa shape index (κ3) is 4.51. The van der Waals surface area contributed by atoms with Gasteiger partial charge in [0.25, 0.3) is 11.6 Å². The molecule has 1 saturated carbocycles. The highest BCUT2D eigenvalue weighted by atomic mass is 16.6. The van der Waals surface area contributed by atoms with Gasteiger partial charge in [-0.15, -0.1) is 0 Å². The second-order valence-corrected chi connectivity index (χ2v) is 6.80. The maximum atomic E-state index is 12.8. The number of nitrogens with zero attached hydrogens (tertiary/aromatic N) is 1. The lowest BCUT2D eigenvalue weighted by atomic mass is 10.1. The minimum atomic E-state index is -0.513. The molecule has 1 aliphatic rings. The third-order valence-electron chi connectivity index (χ3n) is 4.87. The lowest BCUT2D eigenvalue weighted by molar-refractivity contribution is -0.384. The summed E-state index contributed by atoms with van der Waals surface area (Å²) in [5.41, 5.74) is 1.44. The summed E-state index contributed by atoms with van der Waals surface area (Å²) in [4.78, 5) is 23.4. The zero-order valence-corrected chi connectivity index (χ0v) is 15.6. The topological polar surface area (TPSA) is 114 Å². The number of carbonyl (C=O) groups excluding carboxylic acids is 1. The highest BCUT2D eigenvalue weighted by Gasteiger charge is 2.21. The first-order valence-electron chi connectivity index (χ1n) is 9.17. The van der Waals surface area contributed by atoms with Crippen molar-refractivity contribution in [2.24, 2.45) is 0 Å². The number of benzene rings is 2. The zero-order chi connectivity index (χ0) is 20.1. The molecule has 148 valence electrons.